The van der Waals surface area contributed by atoms with Crippen molar-refractivity contribution in [2.24, 2.45) is 0 Å². The summed E-state index contributed by atoms with van der Waals surface area (Å²) in [5.41, 5.74) is 8.15. The molecule has 1 amide bonds. The largest absolute Gasteiger partial charge is 0.354 e. The van der Waals surface area contributed by atoms with Gasteiger partial charge in [-0.05, 0) is 49.4 Å². The van der Waals surface area contributed by atoms with Crippen molar-refractivity contribution in [1.29, 1.82) is 0 Å². The van der Waals surface area contributed by atoms with Gasteiger partial charge in [-0.3, -0.25) is 4.79 Å². The van der Waals surface area contributed by atoms with E-state index >= 15 is 0 Å². The van der Waals surface area contributed by atoms with Crippen LogP contribution in [0.25, 0.3) is 33.1 Å². The smallest absolute Gasteiger partial charge is 0.226 e. The van der Waals surface area contributed by atoms with Gasteiger partial charge >= 0.3 is 0 Å². The molecule has 2 heterocycles. The van der Waals surface area contributed by atoms with Crippen LogP contribution in [0.15, 0.2) is 97.1 Å². The lowest BCUT2D eigenvalue weighted by atomic mass is 10.2. The molecule has 0 aliphatic carbocycles. The number of hydrogen-bond acceptors (Lipinski definition) is 4. The number of anilines is 3. The number of benzene rings is 4. The van der Waals surface area contributed by atoms with Crippen molar-refractivity contribution in [2.45, 2.75) is 19.9 Å². The molecule has 36 heavy (non-hydrogen) atoms. The van der Waals surface area contributed by atoms with Gasteiger partial charge in [-0.2, -0.15) is 0 Å². The molecule has 0 atom stereocenters. The molecule has 0 radical (unpaired) electrons. The summed E-state index contributed by atoms with van der Waals surface area (Å²) >= 11 is 0. The zero-order valence-corrected chi connectivity index (χ0v) is 19.9. The summed E-state index contributed by atoms with van der Waals surface area (Å²) in [6.45, 7) is 2.56. The SMILES string of the molecule is Cc1ccc(Nc2ccccc2NC(=O)CCn2c3ccccc3c3nc4ccccc4nc32)cc1. The number of hydrogen-bond donors (Lipinski definition) is 2. The first-order valence-electron chi connectivity index (χ1n) is 12.0. The average molecular weight is 472 g/mol. The van der Waals surface area contributed by atoms with Crippen LogP contribution >= 0.6 is 0 Å². The molecule has 6 aromatic rings. The summed E-state index contributed by atoms with van der Waals surface area (Å²) in [7, 11) is 0. The van der Waals surface area contributed by atoms with Crippen LogP contribution in [-0.4, -0.2) is 20.4 Å². The lowest BCUT2D eigenvalue weighted by Crippen LogP contribution is -2.15. The zero-order valence-electron chi connectivity index (χ0n) is 19.9. The van der Waals surface area contributed by atoms with Crippen LogP contribution in [-0.2, 0) is 11.3 Å². The lowest BCUT2D eigenvalue weighted by Gasteiger charge is -2.14. The maximum Gasteiger partial charge on any atom is 0.226 e. The summed E-state index contributed by atoms with van der Waals surface area (Å²) in [5, 5.41) is 7.52. The maximum absolute atomic E-state index is 13.1. The Hall–Kier alpha value is -4.71. The van der Waals surface area contributed by atoms with Gasteiger partial charge in [-0.1, -0.05) is 60.2 Å². The number of aromatic nitrogens is 3. The van der Waals surface area contributed by atoms with Gasteiger partial charge in [0.1, 0.15) is 5.52 Å². The number of fused-ring (bicyclic) bond motifs is 4. The highest BCUT2D eigenvalue weighted by Crippen LogP contribution is 2.29. The topological polar surface area (TPSA) is 71.8 Å². The van der Waals surface area contributed by atoms with E-state index in [1.54, 1.807) is 0 Å². The summed E-state index contributed by atoms with van der Waals surface area (Å²) in [6, 6.07) is 31.9. The third-order valence-corrected chi connectivity index (χ3v) is 6.35. The van der Waals surface area contributed by atoms with Crippen molar-refractivity contribution in [3.8, 4) is 0 Å². The number of nitrogens with zero attached hydrogens (tertiary/aromatic N) is 3. The first-order valence-corrected chi connectivity index (χ1v) is 12.0. The van der Waals surface area contributed by atoms with Gasteiger partial charge in [0.15, 0.2) is 5.65 Å². The van der Waals surface area contributed by atoms with Crippen LogP contribution in [0, 0.1) is 6.92 Å². The number of nitrogens with one attached hydrogen (secondary N) is 2. The summed E-state index contributed by atoms with van der Waals surface area (Å²) < 4.78 is 2.10. The second kappa shape index (κ2) is 9.15. The number of carbonyl (C=O) groups excluding carboxylic acids is 1. The Bertz CT molecular complexity index is 1720. The molecule has 0 fully saturated rings. The third kappa shape index (κ3) is 4.14. The van der Waals surface area contributed by atoms with E-state index in [0.29, 0.717) is 13.0 Å². The average Bonchev–Trinajstić information content (AvgIpc) is 3.21. The van der Waals surface area contributed by atoms with Crippen LogP contribution in [0.1, 0.15) is 12.0 Å². The molecule has 0 aliphatic rings. The molecule has 2 N–H and O–H groups in total. The Morgan fingerprint density at radius 1 is 0.778 bits per heavy atom. The molecule has 6 nitrogen and oxygen atoms in total. The number of para-hydroxylation sites is 5. The Labute approximate surface area is 208 Å². The minimum atomic E-state index is -0.0622. The lowest BCUT2D eigenvalue weighted by molar-refractivity contribution is -0.116. The molecule has 0 bridgehead atoms. The predicted molar refractivity (Wildman–Crippen MR) is 147 cm³/mol. The van der Waals surface area contributed by atoms with E-state index in [0.717, 1.165) is 50.2 Å². The fourth-order valence-corrected chi connectivity index (χ4v) is 4.53. The van der Waals surface area contributed by atoms with Crippen molar-refractivity contribution in [1.82, 2.24) is 14.5 Å². The standard InChI is InChI=1S/C30H25N5O/c1-20-14-16-21(17-15-20)31-23-9-3-4-10-24(23)32-28(36)18-19-35-27-13-7-2-8-22(27)29-30(35)34-26-12-6-5-11-25(26)33-29/h2-17,31H,18-19H2,1H3,(H,32,36). The number of aryl methyl sites for hydroxylation is 2. The molecule has 4 aromatic carbocycles. The highest BCUT2D eigenvalue weighted by Gasteiger charge is 2.15. The van der Waals surface area contributed by atoms with Crippen molar-refractivity contribution >= 4 is 56.1 Å². The van der Waals surface area contributed by atoms with Crippen molar-refractivity contribution < 1.29 is 4.79 Å². The number of amides is 1. The Balaban J connectivity index is 1.26. The third-order valence-electron chi connectivity index (χ3n) is 6.35. The molecule has 176 valence electrons. The molecule has 0 aliphatic heterocycles. The van der Waals surface area contributed by atoms with Crippen molar-refractivity contribution in [3.63, 3.8) is 0 Å². The van der Waals surface area contributed by atoms with Gasteiger partial charge in [-0.25, -0.2) is 9.97 Å². The van der Waals surface area contributed by atoms with Crippen LogP contribution < -0.4 is 10.6 Å². The van der Waals surface area contributed by atoms with E-state index in [-0.39, 0.29) is 5.91 Å². The minimum Gasteiger partial charge on any atom is -0.354 e. The van der Waals surface area contributed by atoms with E-state index in [2.05, 4.69) is 46.4 Å². The molecule has 0 unspecified atom stereocenters. The molecule has 0 saturated carbocycles. The first kappa shape index (κ1) is 21.8. The molecule has 2 aromatic heterocycles. The predicted octanol–water partition coefficient (Wildman–Crippen LogP) is 6.82. The van der Waals surface area contributed by atoms with E-state index in [1.807, 2.05) is 72.8 Å². The maximum atomic E-state index is 13.1. The highest BCUT2D eigenvalue weighted by molar-refractivity contribution is 6.06. The Morgan fingerprint density at radius 2 is 1.44 bits per heavy atom. The summed E-state index contributed by atoms with van der Waals surface area (Å²) in [6.07, 6.45) is 0.307. The molecule has 6 rings (SSSR count). The number of carbonyl (C=O) groups is 1. The second-order valence-corrected chi connectivity index (χ2v) is 8.89. The van der Waals surface area contributed by atoms with Crippen LogP contribution in [0.5, 0.6) is 0 Å². The van der Waals surface area contributed by atoms with Gasteiger partial charge < -0.3 is 15.2 Å². The minimum absolute atomic E-state index is 0.0622. The van der Waals surface area contributed by atoms with Crippen molar-refractivity contribution in [2.75, 3.05) is 10.6 Å². The van der Waals surface area contributed by atoms with E-state index in [9.17, 15) is 4.79 Å². The second-order valence-electron chi connectivity index (χ2n) is 8.89. The van der Waals surface area contributed by atoms with Gasteiger partial charge in [0.25, 0.3) is 0 Å². The Morgan fingerprint density at radius 3 is 2.25 bits per heavy atom. The van der Waals surface area contributed by atoms with Gasteiger partial charge in [-0.15, -0.1) is 0 Å². The first-order chi connectivity index (χ1) is 17.7. The van der Waals surface area contributed by atoms with Crippen LogP contribution in [0.3, 0.4) is 0 Å². The fraction of sp³-hybridized carbons (Fsp3) is 0.100. The van der Waals surface area contributed by atoms with Gasteiger partial charge in [0.2, 0.25) is 5.91 Å². The molecular formula is C30H25N5O. The Kier molecular flexibility index (Phi) is 5.54. The van der Waals surface area contributed by atoms with Gasteiger partial charge in [0, 0.05) is 24.0 Å². The molecular weight excluding hydrogens is 446 g/mol. The zero-order chi connectivity index (χ0) is 24.5. The normalized spacial score (nSPS) is 11.2. The van der Waals surface area contributed by atoms with E-state index < -0.39 is 0 Å². The molecule has 0 saturated heterocycles. The molecule has 0 spiro atoms. The van der Waals surface area contributed by atoms with E-state index in [1.165, 1.54) is 5.56 Å². The quantitative estimate of drug-likeness (QED) is 0.280. The molecule has 6 heteroatoms. The van der Waals surface area contributed by atoms with Gasteiger partial charge in [0.05, 0.1) is 27.9 Å². The van der Waals surface area contributed by atoms with E-state index in [4.69, 9.17) is 9.97 Å². The van der Waals surface area contributed by atoms with Crippen LogP contribution in [0.2, 0.25) is 0 Å². The monoisotopic (exact) mass is 471 g/mol. The fourth-order valence-electron chi connectivity index (χ4n) is 4.53. The summed E-state index contributed by atoms with van der Waals surface area (Å²) in [4.78, 5) is 22.8. The summed E-state index contributed by atoms with van der Waals surface area (Å²) in [5.74, 6) is -0.0622. The van der Waals surface area contributed by atoms with Crippen molar-refractivity contribution in [3.05, 3.63) is 103 Å². The number of rotatable bonds is 6. The highest BCUT2D eigenvalue weighted by atomic mass is 16.1. The van der Waals surface area contributed by atoms with Crippen LogP contribution in [0.4, 0.5) is 17.1 Å².